The Balaban J connectivity index is 1.67. The Kier molecular flexibility index (Phi) is 5.67. The summed E-state index contributed by atoms with van der Waals surface area (Å²) in [7, 11) is 1.50. The van der Waals surface area contributed by atoms with Gasteiger partial charge in [0.2, 0.25) is 0 Å². The largest absolute Gasteiger partial charge is 0.493 e. The number of carboxylic acids is 1. The van der Waals surface area contributed by atoms with Crippen LogP contribution in [0.5, 0.6) is 17.2 Å². The number of nitrogens with one attached hydrogen (secondary N) is 1. The number of urea groups is 1. The van der Waals surface area contributed by atoms with Gasteiger partial charge in [0.25, 0.3) is 0 Å². The molecule has 1 unspecified atom stereocenters. The number of hydrogen-bond donors (Lipinski definition) is 2. The quantitative estimate of drug-likeness (QED) is 0.812. The van der Waals surface area contributed by atoms with E-state index in [9.17, 15) is 14.0 Å². The van der Waals surface area contributed by atoms with Crippen LogP contribution in [-0.2, 0) is 4.79 Å². The number of amides is 2. The second kappa shape index (κ2) is 8.16. The summed E-state index contributed by atoms with van der Waals surface area (Å²) in [5.41, 5.74) is 1.24. The van der Waals surface area contributed by atoms with Gasteiger partial charge in [-0.3, -0.25) is 4.79 Å². The van der Waals surface area contributed by atoms with Gasteiger partial charge in [-0.2, -0.15) is 0 Å². The highest BCUT2D eigenvalue weighted by atomic mass is 19.1. The van der Waals surface area contributed by atoms with E-state index in [0.29, 0.717) is 24.5 Å². The molecule has 1 heterocycles. The number of nitrogens with zero attached hydrogens (tertiary/aromatic N) is 1. The van der Waals surface area contributed by atoms with Gasteiger partial charge in [0, 0.05) is 24.8 Å². The molecule has 0 saturated carbocycles. The summed E-state index contributed by atoms with van der Waals surface area (Å²) < 4.78 is 25.3. The molecule has 3 rings (SSSR count). The van der Waals surface area contributed by atoms with E-state index in [0.717, 1.165) is 11.6 Å². The summed E-state index contributed by atoms with van der Waals surface area (Å²) in [5, 5.41) is 11.6. The molecular formula is C20H21FN2O5. The third-order valence-electron chi connectivity index (χ3n) is 4.55. The average molecular weight is 388 g/mol. The first-order valence-electron chi connectivity index (χ1n) is 8.78. The number of methoxy groups -OCH3 is 1. The van der Waals surface area contributed by atoms with E-state index in [4.69, 9.17) is 14.6 Å². The molecule has 2 aromatic rings. The molecule has 1 atom stereocenters. The molecule has 2 aromatic carbocycles. The lowest BCUT2D eigenvalue weighted by atomic mass is 10.1. The van der Waals surface area contributed by atoms with E-state index >= 15 is 0 Å². The maximum Gasteiger partial charge on any atom is 0.321 e. The van der Waals surface area contributed by atoms with Crippen molar-refractivity contribution in [3.05, 3.63) is 47.8 Å². The maximum absolute atomic E-state index is 14.4. The minimum atomic E-state index is -0.922. The Morgan fingerprint density at radius 2 is 1.93 bits per heavy atom. The van der Waals surface area contributed by atoms with Crippen molar-refractivity contribution in [2.75, 3.05) is 25.5 Å². The molecule has 0 bridgehead atoms. The van der Waals surface area contributed by atoms with Crippen molar-refractivity contribution in [1.82, 2.24) is 4.90 Å². The van der Waals surface area contributed by atoms with Crippen molar-refractivity contribution in [3.8, 4) is 17.2 Å². The van der Waals surface area contributed by atoms with Gasteiger partial charge in [-0.1, -0.05) is 6.07 Å². The molecule has 2 amide bonds. The smallest absolute Gasteiger partial charge is 0.321 e. The van der Waals surface area contributed by atoms with Crippen LogP contribution in [0.25, 0.3) is 0 Å². The molecule has 28 heavy (non-hydrogen) atoms. The molecule has 8 heteroatoms. The van der Waals surface area contributed by atoms with Crippen molar-refractivity contribution in [3.63, 3.8) is 0 Å². The first-order valence-corrected chi connectivity index (χ1v) is 8.78. The molecule has 7 nitrogen and oxygen atoms in total. The van der Waals surface area contributed by atoms with Crippen LogP contribution in [0.15, 0.2) is 36.4 Å². The van der Waals surface area contributed by atoms with Crippen LogP contribution in [0.1, 0.15) is 12.0 Å². The summed E-state index contributed by atoms with van der Waals surface area (Å²) >= 11 is 0. The van der Waals surface area contributed by atoms with Gasteiger partial charge < -0.3 is 24.8 Å². The van der Waals surface area contributed by atoms with Crippen LogP contribution in [-0.4, -0.2) is 42.2 Å². The Labute approximate surface area is 161 Å². The zero-order valence-corrected chi connectivity index (χ0v) is 15.6. The molecular weight excluding hydrogens is 367 g/mol. The van der Waals surface area contributed by atoms with Gasteiger partial charge in [-0.25, -0.2) is 9.18 Å². The number of anilines is 1. The SMILES string of the molecule is COc1cc(C)ccc1Oc1ccc(NC(=O)N2CCC(C(=O)O)C2)cc1F. The number of aryl methyl sites for hydroxylation is 1. The van der Waals surface area contributed by atoms with Crippen LogP contribution < -0.4 is 14.8 Å². The van der Waals surface area contributed by atoms with Gasteiger partial charge in [0.15, 0.2) is 23.1 Å². The predicted molar refractivity (Wildman–Crippen MR) is 101 cm³/mol. The number of benzene rings is 2. The van der Waals surface area contributed by atoms with E-state index in [1.807, 2.05) is 13.0 Å². The number of halogens is 1. The number of carbonyl (C=O) groups is 2. The fourth-order valence-corrected chi connectivity index (χ4v) is 2.99. The molecule has 0 spiro atoms. The van der Waals surface area contributed by atoms with Gasteiger partial charge in [0.1, 0.15) is 0 Å². The number of hydrogen-bond acceptors (Lipinski definition) is 4. The third-order valence-corrected chi connectivity index (χ3v) is 4.55. The van der Waals surface area contributed by atoms with E-state index in [1.54, 1.807) is 12.1 Å². The Morgan fingerprint density at radius 1 is 1.18 bits per heavy atom. The first kappa shape index (κ1) is 19.5. The van der Waals surface area contributed by atoms with Crippen LogP contribution >= 0.6 is 0 Å². The van der Waals surface area contributed by atoms with Crippen molar-refractivity contribution >= 4 is 17.7 Å². The van der Waals surface area contributed by atoms with Gasteiger partial charge in [-0.05, 0) is 43.2 Å². The van der Waals surface area contributed by atoms with E-state index in [1.165, 1.54) is 24.1 Å². The van der Waals surface area contributed by atoms with Crippen molar-refractivity contribution in [2.45, 2.75) is 13.3 Å². The predicted octanol–water partition coefficient (Wildman–Crippen LogP) is 3.87. The lowest BCUT2D eigenvalue weighted by molar-refractivity contribution is -0.141. The average Bonchev–Trinajstić information content (AvgIpc) is 3.16. The van der Waals surface area contributed by atoms with Crippen LogP contribution in [0.4, 0.5) is 14.9 Å². The summed E-state index contributed by atoms with van der Waals surface area (Å²) in [4.78, 5) is 24.6. The van der Waals surface area contributed by atoms with E-state index in [-0.39, 0.29) is 18.0 Å². The van der Waals surface area contributed by atoms with Crippen molar-refractivity contribution in [1.29, 1.82) is 0 Å². The molecule has 1 aliphatic heterocycles. The highest BCUT2D eigenvalue weighted by Crippen LogP contribution is 2.34. The van der Waals surface area contributed by atoms with Crippen LogP contribution in [0.2, 0.25) is 0 Å². The topological polar surface area (TPSA) is 88.1 Å². The number of ether oxygens (including phenoxy) is 2. The second-order valence-corrected chi connectivity index (χ2v) is 6.60. The molecule has 0 radical (unpaired) electrons. The standard InChI is InChI=1S/C20H21FN2O5/c1-12-3-5-17(18(9-12)27-2)28-16-6-4-14(10-15(16)21)22-20(26)23-8-7-13(11-23)19(24)25/h3-6,9-10,13H,7-8,11H2,1-2H3,(H,22,26)(H,24,25). The zero-order chi connectivity index (χ0) is 20.3. The molecule has 1 fully saturated rings. The molecule has 148 valence electrons. The lowest BCUT2D eigenvalue weighted by Crippen LogP contribution is -2.33. The second-order valence-electron chi connectivity index (χ2n) is 6.60. The highest BCUT2D eigenvalue weighted by Gasteiger charge is 2.30. The highest BCUT2D eigenvalue weighted by molar-refractivity contribution is 5.90. The summed E-state index contributed by atoms with van der Waals surface area (Å²) in [6.45, 7) is 2.39. The maximum atomic E-state index is 14.4. The van der Waals surface area contributed by atoms with E-state index in [2.05, 4.69) is 5.32 Å². The number of carboxylic acid groups (broad SMARTS) is 1. The summed E-state index contributed by atoms with van der Waals surface area (Å²) in [5.74, 6) is -1.28. The zero-order valence-electron chi connectivity index (χ0n) is 15.6. The minimum Gasteiger partial charge on any atom is -0.493 e. The Hall–Kier alpha value is -3.29. The summed E-state index contributed by atoms with van der Waals surface area (Å²) in [6, 6.07) is 8.91. The van der Waals surface area contributed by atoms with Gasteiger partial charge in [-0.15, -0.1) is 0 Å². The first-order chi connectivity index (χ1) is 13.4. The van der Waals surface area contributed by atoms with Crippen molar-refractivity contribution in [2.24, 2.45) is 5.92 Å². The third kappa shape index (κ3) is 4.33. The molecule has 0 aliphatic carbocycles. The van der Waals surface area contributed by atoms with Gasteiger partial charge >= 0.3 is 12.0 Å². The Bertz CT molecular complexity index is 902. The fraction of sp³-hybridized carbons (Fsp3) is 0.300. The number of likely N-dealkylation sites (tertiary alicyclic amines) is 1. The van der Waals surface area contributed by atoms with Crippen LogP contribution in [0, 0.1) is 18.7 Å². The molecule has 0 aromatic heterocycles. The van der Waals surface area contributed by atoms with Crippen LogP contribution in [0.3, 0.4) is 0 Å². The number of carbonyl (C=O) groups excluding carboxylic acids is 1. The fourth-order valence-electron chi connectivity index (χ4n) is 2.99. The number of aliphatic carboxylic acids is 1. The monoisotopic (exact) mass is 388 g/mol. The molecule has 2 N–H and O–H groups in total. The normalized spacial score (nSPS) is 16.0. The van der Waals surface area contributed by atoms with E-state index < -0.39 is 23.7 Å². The lowest BCUT2D eigenvalue weighted by Gasteiger charge is -2.17. The minimum absolute atomic E-state index is 0.00716. The molecule has 1 saturated heterocycles. The Morgan fingerprint density at radius 3 is 2.57 bits per heavy atom. The summed E-state index contributed by atoms with van der Waals surface area (Å²) in [6.07, 6.45) is 0.405. The molecule has 1 aliphatic rings. The van der Waals surface area contributed by atoms with Gasteiger partial charge in [0.05, 0.1) is 13.0 Å². The van der Waals surface area contributed by atoms with Crippen molar-refractivity contribution < 1.29 is 28.6 Å². The number of rotatable bonds is 5.